The molecule has 0 spiro atoms. The number of carbonyl (C=O) groups excluding carboxylic acids is 1. The lowest BCUT2D eigenvalue weighted by Gasteiger charge is -2.22. The molecule has 80 valence electrons. The van der Waals surface area contributed by atoms with E-state index in [9.17, 15) is 4.79 Å². The minimum Gasteiger partial charge on any atom is -0.394 e. The summed E-state index contributed by atoms with van der Waals surface area (Å²) in [6.07, 6.45) is -6.84. The molecular formula is C6H13ClO6. The first kappa shape index (κ1) is 15.2. The third kappa shape index (κ3) is 4.51. The second-order valence-electron chi connectivity index (χ2n) is 2.36. The van der Waals surface area contributed by atoms with E-state index in [1.165, 1.54) is 0 Å². The van der Waals surface area contributed by atoms with Crippen molar-refractivity contribution < 1.29 is 30.3 Å². The van der Waals surface area contributed by atoms with Crippen LogP contribution in [0.15, 0.2) is 0 Å². The van der Waals surface area contributed by atoms with Gasteiger partial charge >= 0.3 is 0 Å². The van der Waals surface area contributed by atoms with E-state index in [1.807, 2.05) is 0 Å². The molecule has 0 saturated heterocycles. The van der Waals surface area contributed by atoms with E-state index >= 15 is 0 Å². The van der Waals surface area contributed by atoms with E-state index in [2.05, 4.69) is 0 Å². The van der Waals surface area contributed by atoms with Gasteiger partial charge in [-0.25, -0.2) is 0 Å². The Hall–Kier alpha value is -0.240. The van der Waals surface area contributed by atoms with E-state index in [0.717, 1.165) is 0 Å². The maximum atomic E-state index is 9.90. The lowest BCUT2D eigenvalue weighted by atomic mass is 10.0. The van der Waals surface area contributed by atoms with Crippen LogP contribution in [-0.4, -0.2) is 62.8 Å². The molecule has 5 N–H and O–H groups in total. The zero-order valence-corrected chi connectivity index (χ0v) is 7.46. The summed E-state index contributed by atoms with van der Waals surface area (Å²) in [5.74, 6) is 0. The minimum absolute atomic E-state index is 0. The standard InChI is InChI=1S/C6H12O6.ClH/c7-1-3(9)5(11)6(12)4(10)2-8;/h1,3-6,8-12H,2H2;1H/t3-,4+,5+,6-;/m0./s1. The smallest absolute Gasteiger partial charge is 0.151 e. The third-order valence-electron chi connectivity index (χ3n) is 1.42. The summed E-state index contributed by atoms with van der Waals surface area (Å²) in [6.45, 7) is -0.760. The Bertz CT molecular complexity index is 143. The van der Waals surface area contributed by atoms with Crippen molar-refractivity contribution in [3.8, 4) is 0 Å². The highest BCUT2D eigenvalue weighted by molar-refractivity contribution is 5.85. The van der Waals surface area contributed by atoms with E-state index in [1.54, 1.807) is 0 Å². The maximum absolute atomic E-state index is 9.90. The molecule has 0 heterocycles. The first-order valence-corrected chi connectivity index (χ1v) is 3.33. The van der Waals surface area contributed by atoms with Gasteiger partial charge in [0.1, 0.15) is 24.4 Å². The average molecular weight is 217 g/mol. The number of rotatable bonds is 5. The molecule has 0 aliphatic carbocycles. The molecule has 0 aromatic heterocycles. The van der Waals surface area contributed by atoms with Crippen molar-refractivity contribution in [3.05, 3.63) is 0 Å². The van der Waals surface area contributed by atoms with E-state index in [4.69, 9.17) is 25.5 Å². The van der Waals surface area contributed by atoms with Crippen molar-refractivity contribution in [2.75, 3.05) is 6.61 Å². The van der Waals surface area contributed by atoms with Crippen LogP contribution in [0.1, 0.15) is 0 Å². The Labute approximate surface area is 80.8 Å². The van der Waals surface area contributed by atoms with E-state index in [-0.39, 0.29) is 18.7 Å². The molecule has 13 heavy (non-hydrogen) atoms. The van der Waals surface area contributed by atoms with Crippen LogP contribution < -0.4 is 0 Å². The highest BCUT2D eigenvalue weighted by atomic mass is 35.5. The predicted molar refractivity (Wildman–Crippen MR) is 44.4 cm³/mol. The number of hydrogen-bond acceptors (Lipinski definition) is 6. The van der Waals surface area contributed by atoms with Gasteiger partial charge in [0, 0.05) is 0 Å². The summed E-state index contributed by atoms with van der Waals surface area (Å²) in [5, 5.41) is 43.5. The molecule has 7 heteroatoms. The van der Waals surface area contributed by atoms with Crippen molar-refractivity contribution >= 4 is 18.7 Å². The summed E-state index contributed by atoms with van der Waals surface area (Å²) in [5.41, 5.74) is 0. The zero-order chi connectivity index (χ0) is 9.72. The molecule has 0 rings (SSSR count). The monoisotopic (exact) mass is 216 g/mol. The minimum atomic E-state index is -1.79. The first-order chi connectivity index (χ1) is 5.54. The van der Waals surface area contributed by atoms with Crippen LogP contribution in [-0.2, 0) is 4.79 Å². The number of aliphatic hydroxyl groups excluding tert-OH is 5. The molecule has 0 radical (unpaired) electrons. The van der Waals surface area contributed by atoms with Crippen molar-refractivity contribution in [1.29, 1.82) is 0 Å². The van der Waals surface area contributed by atoms with Crippen molar-refractivity contribution in [1.82, 2.24) is 0 Å². The predicted octanol–water partition coefficient (Wildman–Crippen LogP) is -2.96. The van der Waals surface area contributed by atoms with Gasteiger partial charge < -0.3 is 30.3 Å². The number of halogens is 1. The Morgan fingerprint density at radius 2 is 1.54 bits per heavy atom. The van der Waals surface area contributed by atoms with Crippen molar-refractivity contribution in [2.24, 2.45) is 0 Å². The van der Waals surface area contributed by atoms with E-state index in [0.29, 0.717) is 0 Å². The summed E-state index contributed by atoms with van der Waals surface area (Å²) in [4.78, 5) is 9.90. The van der Waals surface area contributed by atoms with Gasteiger partial charge in [-0.05, 0) is 0 Å². The van der Waals surface area contributed by atoms with Crippen LogP contribution >= 0.6 is 12.4 Å². The van der Waals surface area contributed by atoms with Gasteiger partial charge in [-0.15, -0.1) is 12.4 Å². The molecule has 0 saturated carbocycles. The number of carbonyl (C=O) groups is 1. The summed E-state index contributed by atoms with van der Waals surface area (Å²) < 4.78 is 0. The SMILES string of the molecule is Cl.O=C[C@H](O)[C@@H](O)[C@@H](O)[C@H](O)CO. The van der Waals surface area contributed by atoms with Gasteiger partial charge in [-0.1, -0.05) is 0 Å². The molecular weight excluding hydrogens is 204 g/mol. The molecule has 0 aliphatic rings. The number of hydrogen-bond donors (Lipinski definition) is 5. The third-order valence-corrected chi connectivity index (χ3v) is 1.42. The van der Waals surface area contributed by atoms with Gasteiger partial charge in [0.15, 0.2) is 6.29 Å². The van der Waals surface area contributed by atoms with Gasteiger partial charge in [0.2, 0.25) is 0 Å². The molecule has 0 amide bonds. The summed E-state index contributed by atoms with van der Waals surface area (Å²) >= 11 is 0. The lowest BCUT2D eigenvalue weighted by molar-refractivity contribution is -0.136. The molecule has 0 aromatic carbocycles. The molecule has 0 fully saturated rings. The fourth-order valence-electron chi connectivity index (χ4n) is 0.618. The van der Waals surface area contributed by atoms with Gasteiger partial charge in [0.05, 0.1) is 6.61 Å². The van der Waals surface area contributed by atoms with Crippen LogP contribution in [0, 0.1) is 0 Å². The fraction of sp³-hybridized carbons (Fsp3) is 0.833. The fourth-order valence-corrected chi connectivity index (χ4v) is 0.618. The Morgan fingerprint density at radius 3 is 1.85 bits per heavy atom. The van der Waals surface area contributed by atoms with Crippen LogP contribution in [0.5, 0.6) is 0 Å². The molecule has 4 atom stereocenters. The second-order valence-corrected chi connectivity index (χ2v) is 2.36. The van der Waals surface area contributed by atoms with Crippen LogP contribution in [0.4, 0.5) is 0 Å². The highest BCUT2D eigenvalue weighted by Crippen LogP contribution is 2.02. The maximum Gasteiger partial charge on any atom is 0.151 e. The number of aliphatic hydroxyl groups is 5. The summed E-state index contributed by atoms with van der Waals surface area (Å²) in [6, 6.07) is 0. The normalized spacial score (nSPS) is 19.5. The Morgan fingerprint density at radius 1 is 1.08 bits per heavy atom. The molecule has 0 unspecified atom stereocenters. The second kappa shape index (κ2) is 7.19. The largest absolute Gasteiger partial charge is 0.394 e. The molecule has 0 aliphatic heterocycles. The van der Waals surface area contributed by atoms with Gasteiger partial charge in [0.25, 0.3) is 0 Å². The molecule has 0 aromatic rings. The van der Waals surface area contributed by atoms with Crippen LogP contribution in [0.25, 0.3) is 0 Å². The molecule has 6 nitrogen and oxygen atoms in total. The average Bonchev–Trinajstić information content (AvgIpc) is 2.12. The summed E-state index contributed by atoms with van der Waals surface area (Å²) in [7, 11) is 0. The number of aldehydes is 1. The Kier molecular flexibility index (Phi) is 8.43. The molecule has 0 bridgehead atoms. The quantitative estimate of drug-likeness (QED) is 0.314. The topological polar surface area (TPSA) is 118 Å². The van der Waals surface area contributed by atoms with E-state index < -0.39 is 31.0 Å². The highest BCUT2D eigenvalue weighted by Gasteiger charge is 2.29. The van der Waals surface area contributed by atoms with Gasteiger partial charge in [-0.3, -0.25) is 0 Å². The van der Waals surface area contributed by atoms with Crippen molar-refractivity contribution in [3.63, 3.8) is 0 Å². The Balaban J connectivity index is 0. The van der Waals surface area contributed by atoms with Crippen LogP contribution in [0.2, 0.25) is 0 Å². The van der Waals surface area contributed by atoms with Crippen molar-refractivity contribution in [2.45, 2.75) is 24.4 Å². The first-order valence-electron chi connectivity index (χ1n) is 3.33. The lowest BCUT2D eigenvalue weighted by Crippen LogP contribution is -2.46. The zero-order valence-electron chi connectivity index (χ0n) is 6.65. The van der Waals surface area contributed by atoms with Gasteiger partial charge in [-0.2, -0.15) is 0 Å². The van der Waals surface area contributed by atoms with Crippen LogP contribution in [0.3, 0.4) is 0 Å².